The predicted molar refractivity (Wildman–Crippen MR) is 125 cm³/mol. The molecule has 158 valence electrons. The minimum atomic E-state index is -3.81. The van der Waals surface area contributed by atoms with E-state index in [0.717, 1.165) is 10.4 Å². The maximum absolute atomic E-state index is 13.6. The zero-order valence-electron chi connectivity index (χ0n) is 17.8. The summed E-state index contributed by atoms with van der Waals surface area (Å²) in [7, 11) is -6.80. The summed E-state index contributed by atoms with van der Waals surface area (Å²) in [6.07, 6.45) is -0.647. The van der Waals surface area contributed by atoms with Crippen molar-refractivity contribution in [2.75, 3.05) is 0 Å². The molecule has 1 atom stereocenters. The van der Waals surface area contributed by atoms with Crippen LogP contribution in [0.5, 0.6) is 0 Å². The van der Waals surface area contributed by atoms with Gasteiger partial charge in [0.2, 0.25) is 18.3 Å². The lowest BCUT2D eigenvalue weighted by Crippen LogP contribution is -2.74. The molecule has 1 unspecified atom stereocenters. The van der Waals surface area contributed by atoms with E-state index in [9.17, 15) is 13.5 Å². The molecule has 0 fully saturated rings. The third-order valence-electron chi connectivity index (χ3n) is 5.50. The Morgan fingerprint density at radius 2 is 1.23 bits per heavy atom. The smallest absolute Gasteiger partial charge is 0.235 e. The van der Waals surface area contributed by atoms with Crippen molar-refractivity contribution >= 4 is 28.6 Å². The Hall–Kier alpha value is -2.25. The van der Waals surface area contributed by atoms with Crippen LogP contribution in [0.25, 0.3) is 0 Å². The van der Waals surface area contributed by atoms with Crippen LogP contribution < -0.4 is 14.8 Å². The van der Waals surface area contributed by atoms with Crippen molar-refractivity contribution in [2.24, 2.45) is 0 Å². The molecular formula is C24H29NO3SSi. The molecule has 2 N–H and O–H groups in total. The van der Waals surface area contributed by atoms with Gasteiger partial charge in [0, 0.05) is 0 Å². The van der Waals surface area contributed by atoms with Gasteiger partial charge in [-0.2, -0.15) is 0 Å². The first kappa shape index (κ1) is 22.4. The van der Waals surface area contributed by atoms with Crippen molar-refractivity contribution < 1.29 is 13.5 Å². The van der Waals surface area contributed by atoms with E-state index in [1.807, 2.05) is 60.7 Å². The SMILES string of the molecule is CC(O)c1ccc(S(=O)(=O)N[Si](c2ccccc2)(c2ccccc2)C(C)(C)C)cc1. The third-order valence-corrected chi connectivity index (χ3v) is 13.3. The van der Waals surface area contributed by atoms with Gasteiger partial charge >= 0.3 is 0 Å². The summed E-state index contributed by atoms with van der Waals surface area (Å²) in [4.78, 5) is 0.194. The standard InChI is InChI=1S/C24H29NO3SSi/c1-19(26)20-15-17-21(18-16-20)29(27,28)25-30(24(2,3)4,22-11-7-5-8-12-22)23-13-9-6-10-14-23/h5-19,25-26H,1-4H3. The fraction of sp³-hybridized carbons (Fsp3) is 0.250. The molecule has 0 aliphatic carbocycles. The zero-order chi connectivity index (χ0) is 22.0. The minimum absolute atomic E-state index is 0.194. The van der Waals surface area contributed by atoms with Gasteiger partial charge in [-0.25, -0.2) is 12.8 Å². The topological polar surface area (TPSA) is 66.4 Å². The number of hydrogen-bond acceptors (Lipinski definition) is 3. The second kappa shape index (κ2) is 8.47. The Morgan fingerprint density at radius 3 is 1.60 bits per heavy atom. The molecule has 0 bridgehead atoms. The van der Waals surface area contributed by atoms with Gasteiger partial charge in [0.05, 0.1) is 11.0 Å². The van der Waals surface area contributed by atoms with Gasteiger partial charge in [-0.15, -0.1) is 0 Å². The molecule has 0 spiro atoms. The molecule has 0 amide bonds. The number of rotatable bonds is 6. The monoisotopic (exact) mass is 439 g/mol. The van der Waals surface area contributed by atoms with E-state index < -0.39 is 24.4 Å². The molecule has 0 radical (unpaired) electrons. The van der Waals surface area contributed by atoms with E-state index in [1.165, 1.54) is 0 Å². The molecule has 0 saturated carbocycles. The number of aliphatic hydroxyl groups excluding tert-OH is 1. The van der Waals surface area contributed by atoms with Crippen molar-refractivity contribution in [1.82, 2.24) is 4.39 Å². The molecule has 0 aromatic heterocycles. The van der Waals surface area contributed by atoms with Crippen molar-refractivity contribution in [3.63, 3.8) is 0 Å². The lowest BCUT2D eigenvalue weighted by molar-refractivity contribution is 0.199. The lowest BCUT2D eigenvalue weighted by atomic mass is 10.1. The highest BCUT2D eigenvalue weighted by molar-refractivity contribution is 7.91. The summed E-state index contributed by atoms with van der Waals surface area (Å²) in [5.41, 5.74) is 0.680. The van der Waals surface area contributed by atoms with E-state index in [1.54, 1.807) is 31.2 Å². The summed E-state index contributed by atoms with van der Waals surface area (Å²) in [6, 6.07) is 26.2. The van der Waals surface area contributed by atoms with Gasteiger partial charge in [-0.05, 0) is 40.0 Å². The minimum Gasteiger partial charge on any atom is -0.389 e. The molecule has 0 aliphatic rings. The predicted octanol–water partition coefficient (Wildman–Crippen LogP) is 3.58. The van der Waals surface area contributed by atoms with Crippen LogP contribution in [-0.4, -0.2) is 21.8 Å². The first-order valence-electron chi connectivity index (χ1n) is 10.0. The summed E-state index contributed by atoms with van der Waals surface area (Å²) in [5, 5.41) is 11.4. The van der Waals surface area contributed by atoms with Crippen molar-refractivity contribution in [3.8, 4) is 0 Å². The van der Waals surface area contributed by atoms with Gasteiger partial charge in [0.15, 0.2) is 0 Å². The quantitative estimate of drug-likeness (QED) is 0.577. The fourth-order valence-corrected chi connectivity index (χ4v) is 12.1. The second-order valence-electron chi connectivity index (χ2n) is 8.58. The van der Waals surface area contributed by atoms with Gasteiger partial charge in [-0.1, -0.05) is 93.6 Å². The van der Waals surface area contributed by atoms with Crippen LogP contribution in [0, 0.1) is 0 Å². The Balaban J connectivity index is 2.20. The molecule has 0 aliphatic heterocycles. The fourth-order valence-electron chi connectivity index (χ4n) is 3.87. The van der Waals surface area contributed by atoms with Crippen LogP contribution in [0.15, 0.2) is 89.8 Å². The highest BCUT2D eigenvalue weighted by Gasteiger charge is 2.51. The summed E-state index contributed by atoms with van der Waals surface area (Å²) >= 11 is 0. The second-order valence-corrected chi connectivity index (χ2v) is 15.0. The van der Waals surface area contributed by atoms with Crippen molar-refractivity contribution in [3.05, 3.63) is 90.5 Å². The van der Waals surface area contributed by atoms with Crippen LogP contribution in [-0.2, 0) is 10.0 Å². The molecular weight excluding hydrogens is 410 g/mol. The number of nitrogens with one attached hydrogen (secondary N) is 1. The molecule has 3 rings (SSSR count). The maximum atomic E-state index is 13.6. The largest absolute Gasteiger partial charge is 0.389 e. The van der Waals surface area contributed by atoms with E-state index in [2.05, 4.69) is 25.2 Å². The average Bonchev–Trinajstić information content (AvgIpc) is 2.72. The van der Waals surface area contributed by atoms with Crippen LogP contribution in [0.4, 0.5) is 0 Å². The molecule has 3 aromatic rings. The molecule has 3 aromatic carbocycles. The van der Waals surface area contributed by atoms with Crippen molar-refractivity contribution in [1.29, 1.82) is 0 Å². The highest BCUT2D eigenvalue weighted by atomic mass is 32.2. The molecule has 30 heavy (non-hydrogen) atoms. The van der Waals surface area contributed by atoms with Crippen LogP contribution in [0.3, 0.4) is 0 Å². The molecule has 0 heterocycles. The third kappa shape index (κ3) is 4.27. The lowest BCUT2D eigenvalue weighted by Gasteiger charge is -2.43. The van der Waals surface area contributed by atoms with Gasteiger partial charge in [-0.3, -0.25) is 0 Å². The maximum Gasteiger partial charge on any atom is 0.235 e. The Kier molecular flexibility index (Phi) is 6.34. The van der Waals surface area contributed by atoms with E-state index in [0.29, 0.717) is 5.56 Å². The van der Waals surface area contributed by atoms with Crippen LogP contribution in [0.1, 0.15) is 39.4 Å². The van der Waals surface area contributed by atoms with Gasteiger partial charge in [0.1, 0.15) is 0 Å². The Bertz CT molecular complexity index is 1040. The van der Waals surface area contributed by atoms with Crippen LogP contribution in [0.2, 0.25) is 5.04 Å². The van der Waals surface area contributed by atoms with E-state index >= 15 is 0 Å². The van der Waals surface area contributed by atoms with Crippen molar-refractivity contribution in [2.45, 2.75) is 43.7 Å². The number of hydrogen-bond donors (Lipinski definition) is 2. The average molecular weight is 440 g/mol. The number of aliphatic hydroxyl groups is 1. The Morgan fingerprint density at radius 1 is 0.800 bits per heavy atom. The number of sulfonamides is 1. The van der Waals surface area contributed by atoms with Gasteiger partial charge in [0.25, 0.3) is 0 Å². The zero-order valence-corrected chi connectivity index (χ0v) is 19.6. The normalized spacial score (nSPS) is 13.8. The molecule has 0 saturated heterocycles. The van der Waals surface area contributed by atoms with Crippen LogP contribution >= 0.6 is 0 Å². The highest BCUT2D eigenvalue weighted by Crippen LogP contribution is 2.35. The van der Waals surface area contributed by atoms with Gasteiger partial charge < -0.3 is 5.11 Å². The molecule has 6 heteroatoms. The van der Waals surface area contributed by atoms with E-state index in [4.69, 9.17) is 0 Å². The summed E-state index contributed by atoms with van der Waals surface area (Å²) in [5.74, 6) is 0. The first-order chi connectivity index (χ1) is 14.1. The summed E-state index contributed by atoms with van der Waals surface area (Å²) in [6.45, 7) is 7.94. The molecule has 4 nitrogen and oxygen atoms in total. The van der Waals surface area contributed by atoms with E-state index in [-0.39, 0.29) is 9.93 Å². The number of benzene rings is 3. The Labute approximate surface area is 180 Å². The summed E-state index contributed by atoms with van der Waals surface area (Å²) < 4.78 is 30.4. The first-order valence-corrected chi connectivity index (χ1v) is 13.5.